The maximum absolute atomic E-state index is 14.2. The van der Waals surface area contributed by atoms with Crippen molar-refractivity contribution >= 4 is 36.6 Å². The molecule has 0 aliphatic carbocycles. The number of rotatable bonds is 14. The van der Waals surface area contributed by atoms with Gasteiger partial charge in [-0.3, -0.25) is 18.7 Å². The van der Waals surface area contributed by atoms with Crippen LogP contribution in [0.15, 0.2) is 6.33 Å². The maximum Gasteiger partial charge on any atom is 0.342 e. The molecule has 1 fully saturated rings. The highest BCUT2D eigenvalue weighted by Crippen LogP contribution is 2.42. The number of ether oxygens (including phenoxy) is 3. The number of nitrogen functional groups attached to an aromatic ring is 1. The Labute approximate surface area is 242 Å². The van der Waals surface area contributed by atoms with Crippen LogP contribution in [-0.4, -0.2) is 92.9 Å². The number of hydrogen-bond donors (Lipinski definition) is 5. The first-order valence-corrected chi connectivity index (χ1v) is 14.9. The van der Waals surface area contributed by atoms with Gasteiger partial charge >= 0.3 is 25.7 Å². The van der Waals surface area contributed by atoms with Gasteiger partial charge in [-0.1, -0.05) is 27.7 Å². The van der Waals surface area contributed by atoms with Gasteiger partial charge in [0.1, 0.15) is 30.4 Å². The Morgan fingerprint density at radius 1 is 1.07 bits per heavy atom. The monoisotopic (exact) mass is 619 g/mol. The van der Waals surface area contributed by atoms with Gasteiger partial charge in [0.05, 0.1) is 27.2 Å². The molecule has 1 aliphatic heterocycles. The van der Waals surface area contributed by atoms with Gasteiger partial charge in [-0.15, -0.1) is 0 Å². The largest absolute Gasteiger partial charge is 0.468 e. The number of aromatic nitrogens is 4. The highest BCUT2D eigenvalue weighted by Gasteiger charge is 2.46. The summed E-state index contributed by atoms with van der Waals surface area (Å²) in [6.45, 7) is 6.82. The topological polar surface area (TPSA) is 222 Å². The molecule has 2 aromatic heterocycles. The number of esters is 2. The van der Waals surface area contributed by atoms with Crippen LogP contribution in [0.5, 0.6) is 0 Å². The fraction of sp³-hybridized carbons (Fsp3) is 0.708. The second-order valence-electron chi connectivity index (χ2n) is 10.8. The molecule has 2 aromatic rings. The van der Waals surface area contributed by atoms with E-state index in [1.165, 1.54) is 25.1 Å². The number of methoxy groups -OCH3 is 2. The minimum absolute atomic E-state index is 0.0225. The Balaban J connectivity index is 1.87. The van der Waals surface area contributed by atoms with E-state index in [4.69, 9.17) is 24.5 Å². The van der Waals surface area contributed by atoms with Crippen LogP contribution in [0.3, 0.4) is 0 Å². The SMILES string of the molecule is COC(=O)[C@H](CC(C)C)NP(=O)(N[C@@H](CC(C)C)C(=O)OC)OC[C@H]1O[C@@H](n2cnc3c(N)nc(F)nc32)[C@@H](O)[C@@H]1O. The van der Waals surface area contributed by atoms with Crippen molar-refractivity contribution in [2.75, 3.05) is 26.6 Å². The molecule has 42 heavy (non-hydrogen) atoms. The number of aliphatic hydroxyl groups is 2. The number of halogens is 1. The molecule has 0 aromatic carbocycles. The lowest BCUT2D eigenvalue weighted by atomic mass is 10.1. The zero-order valence-corrected chi connectivity index (χ0v) is 25.2. The van der Waals surface area contributed by atoms with Crippen molar-refractivity contribution in [1.82, 2.24) is 29.7 Å². The number of nitrogens with zero attached hydrogens (tertiary/aromatic N) is 4. The first kappa shape index (κ1) is 33.7. The normalized spacial score (nSPS) is 22.5. The number of anilines is 1. The molecular formula is C24H39FN7O9P. The van der Waals surface area contributed by atoms with E-state index in [0.29, 0.717) is 0 Å². The number of aliphatic hydroxyl groups excluding tert-OH is 2. The first-order valence-electron chi connectivity index (χ1n) is 13.3. The minimum atomic E-state index is -4.29. The Kier molecular flexibility index (Phi) is 11.3. The van der Waals surface area contributed by atoms with Crippen LogP contribution in [0.4, 0.5) is 10.2 Å². The van der Waals surface area contributed by atoms with Crippen LogP contribution in [0.25, 0.3) is 11.2 Å². The van der Waals surface area contributed by atoms with E-state index in [1.54, 1.807) is 0 Å². The molecule has 1 saturated heterocycles. The zero-order valence-electron chi connectivity index (χ0n) is 24.3. The smallest absolute Gasteiger partial charge is 0.342 e. The fourth-order valence-corrected chi connectivity index (χ4v) is 6.35. The highest BCUT2D eigenvalue weighted by atomic mass is 31.2. The van der Waals surface area contributed by atoms with E-state index in [-0.39, 0.29) is 41.7 Å². The number of nitrogens with two attached hydrogens (primary N) is 1. The summed E-state index contributed by atoms with van der Waals surface area (Å²) < 4.78 is 50.5. The Morgan fingerprint density at radius 3 is 2.12 bits per heavy atom. The summed E-state index contributed by atoms with van der Waals surface area (Å²) >= 11 is 0. The molecule has 3 rings (SSSR count). The molecule has 0 saturated carbocycles. The van der Waals surface area contributed by atoms with Crippen molar-refractivity contribution in [1.29, 1.82) is 0 Å². The average molecular weight is 620 g/mol. The molecular weight excluding hydrogens is 580 g/mol. The molecule has 0 unspecified atom stereocenters. The molecule has 0 bridgehead atoms. The van der Waals surface area contributed by atoms with Crippen LogP contribution in [0.2, 0.25) is 0 Å². The maximum atomic E-state index is 14.2. The second kappa shape index (κ2) is 14.1. The van der Waals surface area contributed by atoms with Crippen molar-refractivity contribution in [3.63, 3.8) is 0 Å². The Bertz CT molecular complexity index is 1260. The number of fused-ring (bicyclic) bond motifs is 1. The van der Waals surface area contributed by atoms with Crippen molar-refractivity contribution in [3.8, 4) is 0 Å². The molecule has 0 spiro atoms. The van der Waals surface area contributed by atoms with Gasteiger partial charge in [-0.2, -0.15) is 14.4 Å². The number of carbonyl (C=O) groups is 2. The van der Waals surface area contributed by atoms with Gasteiger partial charge in [0.25, 0.3) is 0 Å². The molecule has 6 N–H and O–H groups in total. The lowest BCUT2D eigenvalue weighted by Gasteiger charge is -2.30. The molecule has 3 heterocycles. The summed E-state index contributed by atoms with van der Waals surface area (Å²) in [7, 11) is -1.93. The van der Waals surface area contributed by atoms with Crippen LogP contribution < -0.4 is 15.9 Å². The van der Waals surface area contributed by atoms with Gasteiger partial charge in [0.2, 0.25) is 0 Å². The van der Waals surface area contributed by atoms with Gasteiger partial charge in [0, 0.05) is 0 Å². The average Bonchev–Trinajstić information content (AvgIpc) is 3.45. The van der Waals surface area contributed by atoms with Crippen LogP contribution in [0, 0.1) is 17.9 Å². The first-order chi connectivity index (χ1) is 19.7. The summed E-state index contributed by atoms with van der Waals surface area (Å²) in [6, 6.07) is -2.17. The Hall–Kier alpha value is -2.79. The highest BCUT2D eigenvalue weighted by molar-refractivity contribution is 7.54. The van der Waals surface area contributed by atoms with Gasteiger partial charge in [-0.25, -0.2) is 15.2 Å². The van der Waals surface area contributed by atoms with Crippen molar-refractivity contribution in [2.45, 2.75) is 77.2 Å². The summed E-state index contributed by atoms with van der Waals surface area (Å²) in [5.41, 5.74) is 5.67. The summed E-state index contributed by atoms with van der Waals surface area (Å²) in [5.74, 6) is -1.69. The van der Waals surface area contributed by atoms with E-state index in [2.05, 4.69) is 25.1 Å². The van der Waals surface area contributed by atoms with E-state index < -0.39 is 68.9 Å². The lowest BCUT2D eigenvalue weighted by molar-refractivity contribution is -0.143. The molecule has 0 radical (unpaired) electrons. The molecule has 236 valence electrons. The molecule has 0 amide bonds. The third-order valence-corrected chi connectivity index (χ3v) is 8.31. The number of nitrogens with one attached hydrogen (secondary N) is 2. The van der Waals surface area contributed by atoms with Crippen LogP contribution >= 0.6 is 7.67 Å². The van der Waals surface area contributed by atoms with E-state index >= 15 is 0 Å². The van der Waals surface area contributed by atoms with Crippen molar-refractivity contribution < 1.29 is 47.5 Å². The third kappa shape index (κ3) is 7.98. The van der Waals surface area contributed by atoms with Gasteiger partial charge in [0.15, 0.2) is 23.2 Å². The van der Waals surface area contributed by atoms with Gasteiger partial charge in [-0.05, 0) is 24.7 Å². The second-order valence-corrected chi connectivity index (χ2v) is 12.6. The summed E-state index contributed by atoms with van der Waals surface area (Å²) in [4.78, 5) is 36.2. The molecule has 16 nitrogen and oxygen atoms in total. The Morgan fingerprint density at radius 2 is 1.62 bits per heavy atom. The number of hydrogen-bond acceptors (Lipinski definition) is 13. The molecule has 1 aliphatic rings. The van der Waals surface area contributed by atoms with Crippen LogP contribution in [-0.2, 0) is 32.9 Å². The zero-order chi connectivity index (χ0) is 31.4. The number of carbonyl (C=O) groups excluding carboxylic acids is 2. The number of imidazole rings is 1. The van der Waals surface area contributed by atoms with Gasteiger partial charge < -0.3 is 34.7 Å². The predicted molar refractivity (Wildman–Crippen MR) is 146 cm³/mol. The lowest BCUT2D eigenvalue weighted by Crippen LogP contribution is -2.46. The standard InChI is InChI=1S/C24H39FN7O9P/c1-11(2)7-13(22(35)38-5)30-42(37,31-14(8-12(3)4)23(36)39-6)40-9-15-17(33)18(34)21(41-15)32-10-27-16-19(26)28-24(25)29-20(16)32/h10-15,17-18,21,33-34H,7-9H2,1-6H3,(H2,26,28,29)(H2,30,31,37)/t13-,14-,15+,17+,18-,21+/m0/s1. The molecule has 18 heteroatoms. The quantitative estimate of drug-likeness (QED) is 0.111. The van der Waals surface area contributed by atoms with Crippen molar-refractivity contribution in [2.24, 2.45) is 11.8 Å². The van der Waals surface area contributed by atoms with E-state index in [0.717, 1.165) is 0 Å². The third-order valence-electron chi connectivity index (χ3n) is 6.49. The predicted octanol–water partition coefficient (Wildman–Crippen LogP) is 0.646. The summed E-state index contributed by atoms with van der Waals surface area (Å²) in [6.07, 6.45) is -5.22. The van der Waals surface area contributed by atoms with E-state index in [1.807, 2.05) is 27.7 Å². The van der Waals surface area contributed by atoms with E-state index in [9.17, 15) is 28.8 Å². The van der Waals surface area contributed by atoms with Crippen molar-refractivity contribution in [3.05, 3.63) is 12.4 Å². The van der Waals surface area contributed by atoms with Crippen LogP contribution in [0.1, 0.15) is 46.8 Å². The minimum Gasteiger partial charge on any atom is -0.468 e. The summed E-state index contributed by atoms with van der Waals surface area (Å²) in [5, 5.41) is 26.9. The fourth-order valence-electron chi connectivity index (χ4n) is 4.52. The molecule has 6 atom stereocenters.